The van der Waals surface area contributed by atoms with E-state index in [-0.39, 0.29) is 24.8 Å². The number of aryl methyl sites for hydroxylation is 4. The van der Waals surface area contributed by atoms with Gasteiger partial charge in [0.25, 0.3) is 0 Å². The Morgan fingerprint density at radius 3 is 0.939 bits per heavy atom. The van der Waals surface area contributed by atoms with Gasteiger partial charge >= 0.3 is 198 Å². The van der Waals surface area contributed by atoms with Crippen LogP contribution in [0, 0.1) is 12.2 Å². The number of rotatable bonds is 6. The van der Waals surface area contributed by atoms with Gasteiger partial charge in [0.1, 0.15) is 0 Å². The van der Waals surface area contributed by atoms with E-state index in [0.29, 0.717) is 0 Å². The van der Waals surface area contributed by atoms with Crippen LogP contribution in [0.25, 0.3) is 0 Å². The first-order valence-electron chi connectivity index (χ1n) is 23.3. The molecule has 4 aliphatic carbocycles. The summed E-state index contributed by atoms with van der Waals surface area (Å²) in [5.74, 6) is 0. The summed E-state index contributed by atoms with van der Waals surface area (Å²) < 4.78 is 2.83. The van der Waals surface area contributed by atoms with Crippen molar-refractivity contribution in [3.8, 4) is 0 Å². The molecule has 0 aliphatic heterocycles. The number of hydrogen-bond acceptors (Lipinski definition) is 0. The number of halogens is 2. The molecule has 0 fully saturated rings. The summed E-state index contributed by atoms with van der Waals surface area (Å²) in [7, 11) is -1.96. The number of allylic oxidation sites excluding steroid dienone is 8. The van der Waals surface area contributed by atoms with Crippen LogP contribution in [0.1, 0.15) is 83.0 Å². The summed E-state index contributed by atoms with van der Waals surface area (Å²) in [6, 6.07) is 55.6. The molecule has 0 spiro atoms. The van der Waals surface area contributed by atoms with Gasteiger partial charge in [-0.3, -0.25) is 12.2 Å². The van der Waals surface area contributed by atoms with E-state index in [1.165, 1.54) is 129 Å². The second-order valence-corrected chi connectivity index (χ2v) is 31.3. The van der Waals surface area contributed by atoms with Crippen LogP contribution in [0.4, 0.5) is 0 Å². The van der Waals surface area contributed by atoms with Crippen molar-refractivity contribution in [2.45, 2.75) is 103 Å². The fraction of sp³-hybridized carbons (Fsp3) is 0.267. The molecule has 340 valence electrons. The van der Waals surface area contributed by atoms with Crippen LogP contribution in [0.15, 0.2) is 192 Å². The predicted molar refractivity (Wildman–Crippen MR) is 277 cm³/mol. The third kappa shape index (κ3) is 20.0. The van der Waals surface area contributed by atoms with Crippen LogP contribution < -0.4 is 24.8 Å². The van der Waals surface area contributed by atoms with Crippen LogP contribution in [0.2, 0.25) is 39.3 Å². The molecule has 0 radical (unpaired) electrons. The van der Waals surface area contributed by atoms with Gasteiger partial charge in [-0.25, -0.2) is 34.7 Å². The van der Waals surface area contributed by atoms with Gasteiger partial charge in [-0.1, -0.05) is 90.6 Å². The van der Waals surface area contributed by atoms with Crippen molar-refractivity contribution in [3.05, 3.63) is 249 Å². The number of fused-ring (bicyclic) bond motifs is 2. The quantitative estimate of drug-likeness (QED) is 0.115. The summed E-state index contributed by atoms with van der Waals surface area (Å²) in [5, 5.41) is 3.12. The topological polar surface area (TPSA) is 0 Å². The minimum absolute atomic E-state index is 0. The molecule has 0 amide bonds. The monoisotopic (exact) mass is 1090 g/mol. The van der Waals surface area contributed by atoms with Gasteiger partial charge in [0.15, 0.2) is 0 Å². The maximum Gasteiger partial charge on any atom is -0.0512 e. The standard InChI is InChI=1S/2C13H10.2C9H11.2C8H13Si.2ClH.2Zr/c2*1-3-7-12(8-4-1)11-13-9-5-2-6-10-13;2*1-2-5-9-7-3-6-8(9)4-1;2*1-9(2,3)8-6-4-5-7-8;;;;/h2*1-10H;2*3,6-7H,1-2,4-5H2;2*6-7H,4H2,1-3H3;2*1H;;/q;;4*-1;;;2*+2/p-2. The van der Waals surface area contributed by atoms with Crippen molar-refractivity contribution >= 4 is 22.6 Å². The molecule has 0 nitrogen and oxygen atoms in total. The van der Waals surface area contributed by atoms with Crippen molar-refractivity contribution in [2.75, 3.05) is 0 Å². The molecule has 0 bridgehead atoms. The molecule has 0 saturated heterocycles. The van der Waals surface area contributed by atoms with E-state index >= 15 is 0 Å². The van der Waals surface area contributed by atoms with Crippen molar-refractivity contribution < 1.29 is 73.3 Å². The molecule has 0 N–H and O–H groups in total. The SMILES string of the molecule is C[Si](C)(C)C1=CC[C-]=C1.C[Si](C)(C)C1=CC[C-]=C1.[Cl-].[Cl-].[Zr+2]=[C](c1ccccc1)c1ccccc1.[Zr+2]=[C](c1ccccc1)c1ccccc1.c1cc2c([cH-]1)CCCC2.c1cc2c([cH-]1)CCCC2. The molecular formula is C60H68Cl2Si2Zr2-2. The summed E-state index contributed by atoms with van der Waals surface area (Å²) in [6.45, 7) is 14.2. The second kappa shape index (κ2) is 30.5. The second-order valence-electron chi connectivity index (χ2n) is 18.7. The van der Waals surface area contributed by atoms with Crippen LogP contribution in [0.5, 0.6) is 0 Å². The molecule has 0 unspecified atom stereocenters. The van der Waals surface area contributed by atoms with Crippen LogP contribution in [-0.4, -0.2) is 22.6 Å². The van der Waals surface area contributed by atoms with Gasteiger partial charge < -0.3 is 24.8 Å². The van der Waals surface area contributed by atoms with Gasteiger partial charge in [-0.15, -0.1) is 12.8 Å². The van der Waals surface area contributed by atoms with E-state index < -0.39 is 16.1 Å². The molecule has 0 saturated carbocycles. The summed E-state index contributed by atoms with van der Waals surface area (Å²) >= 11 is 2.92. The first-order chi connectivity index (χ1) is 30.9. The molecule has 66 heavy (non-hydrogen) atoms. The average Bonchev–Trinajstić information content (AvgIpc) is 4.19. The molecular weight excluding hydrogens is 1030 g/mol. The molecule has 6 aromatic rings. The Labute approximate surface area is 444 Å². The first-order valence-corrected chi connectivity index (χ1v) is 32.8. The Balaban J connectivity index is 0.000000211. The summed E-state index contributed by atoms with van der Waals surface area (Å²) in [5.41, 5.74) is 11.7. The van der Waals surface area contributed by atoms with E-state index in [0.717, 1.165) is 12.8 Å². The third-order valence-corrected chi connectivity index (χ3v) is 18.7. The largest absolute Gasteiger partial charge is 0.210 e. The Kier molecular flexibility index (Phi) is 26.5. The van der Waals surface area contributed by atoms with Gasteiger partial charge in [0, 0.05) is 0 Å². The van der Waals surface area contributed by atoms with Crippen molar-refractivity contribution in [3.63, 3.8) is 0 Å². The molecule has 10 rings (SSSR count). The average molecular weight is 1100 g/mol. The van der Waals surface area contributed by atoms with Gasteiger partial charge in [0.05, 0.1) is 0 Å². The fourth-order valence-corrected chi connectivity index (χ4v) is 12.0. The van der Waals surface area contributed by atoms with Gasteiger partial charge in [-0.2, -0.15) is 58.7 Å². The van der Waals surface area contributed by atoms with E-state index in [1.54, 1.807) is 32.6 Å². The van der Waals surface area contributed by atoms with E-state index in [4.69, 9.17) is 0 Å². The first kappa shape index (κ1) is 57.4. The third-order valence-electron chi connectivity index (χ3n) is 11.7. The minimum Gasteiger partial charge on any atom is -0.210 e. The number of benzene rings is 4. The van der Waals surface area contributed by atoms with E-state index in [9.17, 15) is 0 Å². The van der Waals surface area contributed by atoms with E-state index in [2.05, 4.69) is 233 Å². The molecule has 4 aliphatic rings. The normalized spacial score (nSPS) is 13.9. The zero-order valence-corrected chi connectivity index (χ0v) is 48.6. The predicted octanol–water partition coefficient (Wildman–Crippen LogP) is 9.29. The zero-order chi connectivity index (χ0) is 45.6. The van der Waals surface area contributed by atoms with Crippen LogP contribution >= 0.6 is 0 Å². The number of hydrogen-bond donors (Lipinski definition) is 0. The fourth-order valence-electron chi connectivity index (χ4n) is 7.82. The minimum atomic E-state index is -0.981. The summed E-state index contributed by atoms with van der Waals surface area (Å²) in [4.78, 5) is 0. The van der Waals surface area contributed by atoms with Crippen molar-refractivity contribution in [1.29, 1.82) is 0 Å². The molecule has 6 heteroatoms. The summed E-state index contributed by atoms with van der Waals surface area (Å²) in [6.07, 6.45) is 28.3. The van der Waals surface area contributed by atoms with Crippen molar-refractivity contribution in [1.82, 2.24) is 0 Å². The molecule has 0 aromatic heterocycles. The smallest absolute Gasteiger partial charge is 0.0512 e. The zero-order valence-electron chi connectivity index (χ0n) is 40.1. The molecule has 0 heterocycles. The van der Waals surface area contributed by atoms with Crippen molar-refractivity contribution in [2.24, 2.45) is 0 Å². The van der Waals surface area contributed by atoms with Crippen LogP contribution in [-0.2, 0) is 74.2 Å². The molecule has 6 aromatic carbocycles. The Morgan fingerprint density at radius 2 is 0.712 bits per heavy atom. The van der Waals surface area contributed by atoms with E-state index in [1.807, 2.05) is 0 Å². The Morgan fingerprint density at radius 1 is 0.424 bits per heavy atom. The van der Waals surface area contributed by atoms with Gasteiger partial charge in [0.2, 0.25) is 0 Å². The Bertz CT molecular complexity index is 2130. The van der Waals surface area contributed by atoms with Gasteiger partial charge in [-0.05, 0) is 16.1 Å². The molecule has 0 atom stereocenters. The Hall–Kier alpha value is -2.94. The maximum atomic E-state index is 3.20. The maximum absolute atomic E-state index is 3.20. The van der Waals surface area contributed by atoms with Crippen LogP contribution in [0.3, 0.4) is 0 Å².